The summed E-state index contributed by atoms with van der Waals surface area (Å²) >= 11 is 0. The molecule has 5 aliphatic carbocycles. The minimum absolute atomic E-state index is 0.292. The van der Waals surface area contributed by atoms with Crippen molar-refractivity contribution < 1.29 is 8.85 Å². The van der Waals surface area contributed by atoms with E-state index in [1.54, 1.807) is 5.57 Å². The van der Waals surface area contributed by atoms with Crippen molar-refractivity contribution >= 4 is 16.6 Å². The van der Waals surface area contributed by atoms with Crippen LogP contribution < -0.4 is 0 Å². The summed E-state index contributed by atoms with van der Waals surface area (Å²) in [4.78, 5) is 0. The van der Waals surface area contributed by atoms with Crippen LogP contribution in [0.2, 0.25) is 36.3 Å². The van der Waals surface area contributed by atoms with Crippen LogP contribution in [0.15, 0.2) is 11.6 Å². The molecular weight excluding hydrogens is 473 g/mol. The molecule has 0 saturated heterocycles. The lowest BCUT2D eigenvalue weighted by Crippen LogP contribution is -2.55. The number of hydrogen-bond acceptors (Lipinski definition) is 2. The fraction of sp³-hybridized carbons (Fsp3) is 0.938. The van der Waals surface area contributed by atoms with Gasteiger partial charge in [-0.1, -0.05) is 67.0 Å². The normalized spacial score (nSPS) is 44.8. The summed E-state index contributed by atoms with van der Waals surface area (Å²) in [5.74, 6) is 4.41. The van der Waals surface area contributed by atoms with Crippen LogP contribution in [0.25, 0.3) is 0 Å². The van der Waals surface area contributed by atoms with Crippen molar-refractivity contribution in [3.05, 3.63) is 11.6 Å². The lowest BCUT2D eigenvalue weighted by molar-refractivity contribution is -0.0835. The van der Waals surface area contributed by atoms with Gasteiger partial charge in [0, 0.05) is 6.10 Å². The number of rotatable bonds is 4. The van der Waals surface area contributed by atoms with Gasteiger partial charge >= 0.3 is 0 Å². The largest absolute Gasteiger partial charge is 0.414 e. The molecule has 0 aliphatic heterocycles. The van der Waals surface area contributed by atoms with Crippen LogP contribution in [0.3, 0.4) is 0 Å². The zero-order chi connectivity index (χ0) is 26.7. The second-order valence-electron chi connectivity index (χ2n) is 17.3. The third-order valence-corrected chi connectivity index (χ3v) is 22.2. The molecule has 0 aromatic rings. The summed E-state index contributed by atoms with van der Waals surface area (Å²) < 4.78 is 14.3. The van der Waals surface area contributed by atoms with Gasteiger partial charge in [0.15, 0.2) is 16.6 Å². The lowest BCUT2D eigenvalue weighted by atomic mass is 9.47. The highest BCUT2D eigenvalue weighted by Crippen LogP contribution is 2.74. The quantitative estimate of drug-likeness (QED) is 0.266. The highest BCUT2D eigenvalue weighted by atomic mass is 28.4. The standard InChI is InChI=1S/C32H58O2Si2/c1-29(2,3)35(9,10)33-22-15-17-31(7)21(19-22)13-14-23-26(31)16-18-32(8)27(23)24-20-25(24)28(32)34-36(11,12)30(4,5)6/h13,22-28H,14-20H2,1-12H3/t22-,23+,24+,25-,26-,27+,28-,31-,32-/m0/s1. The van der Waals surface area contributed by atoms with Crippen molar-refractivity contribution in [2.45, 2.75) is 149 Å². The molecule has 0 bridgehead atoms. The van der Waals surface area contributed by atoms with Gasteiger partial charge in [0.1, 0.15) is 0 Å². The van der Waals surface area contributed by atoms with E-state index in [0.29, 0.717) is 33.1 Å². The summed E-state index contributed by atoms with van der Waals surface area (Å²) in [5.41, 5.74) is 2.57. The number of hydrogen-bond donors (Lipinski definition) is 0. The molecule has 0 heterocycles. The van der Waals surface area contributed by atoms with Gasteiger partial charge in [-0.3, -0.25) is 0 Å². The lowest BCUT2D eigenvalue weighted by Gasteiger charge is -2.59. The first kappa shape index (κ1) is 27.7. The van der Waals surface area contributed by atoms with Gasteiger partial charge < -0.3 is 8.85 Å². The Balaban J connectivity index is 1.35. The summed E-state index contributed by atoms with van der Waals surface area (Å²) in [6.07, 6.45) is 13.0. The van der Waals surface area contributed by atoms with Crippen molar-refractivity contribution in [2.24, 2.45) is 40.4 Å². The summed E-state index contributed by atoms with van der Waals surface area (Å²) in [6.45, 7) is 29.5. The van der Waals surface area contributed by atoms with Crippen molar-refractivity contribution in [1.82, 2.24) is 0 Å². The Bertz CT molecular complexity index is 908. The van der Waals surface area contributed by atoms with Gasteiger partial charge in [0.05, 0.1) is 6.10 Å². The first-order chi connectivity index (χ1) is 16.3. The van der Waals surface area contributed by atoms with E-state index in [2.05, 4.69) is 87.7 Å². The second kappa shape index (κ2) is 8.30. The Morgan fingerprint density at radius 3 is 2.03 bits per heavy atom. The second-order valence-corrected chi connectivity index (χ2v) is 26.8. The smallest absolute Gasteiger partial charge is 0.192 e. The number of allylic oxidation sites excluding steroid dienone is 1. The van der Waals surface area contributed by atoms with E-state index in [9.17, 15) is 0 Å². The Hall–Kier alpha value is 0.0938. The van der Waals surface area contributed by atoms with Gasteiger partial charge in [0.25, 0.3) is 0 Å². The monoisotopic (exact) mass is 530 g/mol. The van der Waals surface area contributed by atoms with Gasteiger partial charge in [0.2, 0.25) is 0 Å². The molecule has 9 atom stereocenters. The van der Waals surface area contributed by atoms with E-state index >= 15 is 0 Å². The molecule has 4 heteroatoms. The van der Waals surface area contributed by atoms with E-state index < -0.39 is 16.6 Å². The van der Waals surface area contributed by atoms with Crippen molar-refractivity contribution in [3.8, 4) is 0 Å². The van der Waals surface area contributed by atoms with E-state index in [1.807, 2.05) is 0 Å². The summed E-state index contributed by atoms with van der Waals surface area (Å²) in [6, 6.07) is 0. The third kappa shape index (κ3) is 4.13. The van der Waals surface area contributed by atoms with E-state index in [-0.39, 0.29) is 0 Å². The number of fused-ring (bicyclic) bond motifs is 7. The predicted octanol–water partition coefficient (Wildman–Crippen LogP) is 9.59. The van der Waals surface area contributed by atoms with Crippen LogP contribution >= 0.6 is 0 Å². The average molecular weight is 531 g/mol. The molecule has 5 rings (SSSR count). The maximum Gasteiger partial charge on any atom is 0.192 e. The molecule has 4 fully saturated rings. The zero-order valence-corrected chi connectivity index (χ0v) is 27.9. The molecule has 0 N–H and O–H groups in total. The van der Waals surface area contributed by atoms with Gasteiger partial charge in [-0.05, 0) is 122 Å². The van der Waals surface area contributed by atoms with Crippen LogP contribution in [0.4, 0.5) is 0 Å². The molecule has 36 heavy (non-hydrogen) atoms. The Morgan fingerprint density at radius 2 is 1.42 bits per heavy atom. The third-order valence-electron chi connectivity index (χ3n) is 13.2. The van der Waals surface area contributed by atoms with E-state index in [0.717, 1.165) is 29.6 Å². The maximum absolute atomic E-state index is 7.30. The molecular formula is C32H58O2Si2. The molecule has 0 unspecified atom stereocenters. The summed E-state index contributed by atoms with van der Waals surface area (Å²) in [5, 5.41) is 0.587. The highest BCUT2D eigenvalue weighted by molar-refractivity contribution is 6.74. The first-order valence-corrected chi connectivity index (χ1v) is 21.2. The molecule has 0 aromatic heterocycles. The SMILES string of the molecule is CC(C)(C)[Si](C)(C)O[C@H]1CC[C@@]2(C)C(=CC[C@H]3[C@@H]4[C@@H]5C[C@@H]5[C@H](O[Si](C)(C)C(C)(C)C)[C@@]4(C)CC[C@@H]32)C1. The summed E-state index contributed by atoms with van der Waals surface area (Å²) in [7, 11) is -3.48. The van der Waals surface area contributed by atoms with Crippen LogP contribution in [-0.4, -0.2) is 28.8 Å². The van der Waals surface area contributed by atoms with E-state index in [1.165, 1.54) is 44.9 Å². The minimum Gasteiger partial charge on any atom is -0.414 e. The fourth-order valence-corrected chi connectivity index (χ4v) is 11.8. The topological polar surface area (TPSA) is 18.5 Å². The van der Waals surface area contributed by atoms with Crippen LogP contribution in [-0.2, 0) is 8.85 Å². The molecule has 0 amide bonds. The molecule has 0 aromatic carbocycles. The first-order valence-electron chi connectivity index (χ1n) is 15.4. The molecule has 206 valence electrons. The van der Waals surface area contributed by atoms with Crippen LogP contribution in [0.5, 0.6) is 0 Å². The van der Waals surface area contributed by atoms with Gasteiger partial charge in [-0.15, -0.1) is 0 Å². The molecule has 4 saturated carbocycles. The average Bonchev–Trinajstić information content (AvgIpc) is 3.45. The maximum atomic E-state index is 7.30. The van der Waals surface area contributed by atoms with Gasteiger partial charge in [-0.2, -0.15) is 0 Å². The fourth-order valence-electron chi connectivity index (χ4n) is 8.94. The Labute approximate surface area is 226 Å². The molecule has 0 radical (unpaired) electrons. The zero-order valence-electron chi connectivity index (χ0n) is 25.9. The van der Waals surface area contributed by atoms with Crippen LogP contribution in [0.1, 0.15) is 100 Å². The van der Waals surface area contributed by atoms with Crippen molar-refractivity contribution in [3.63, 3.8) is 0 Å². The molecule has 0 spiro atoms. The van der Waals surface area contributed by atoms with Crippen LogP contribution in [0, 0.1) is 40.4 Å². The van der Waals surface area contributed by atoms with Crippen molar-refractivity contribution in [1.29, 1.82) is 0 Å². The van der Waals surface area contributed by atoms with Crippen molar-refractivity contribution in [2.75, 3.05) is 0 Å². The Morgan fingerprint density at radius 1 is 0.806 bits per heavy atom. The highest BCUT2D eigenvalue weighted by Gasteiger charge is 2.71. The van der Waals surface area contributed by atoms with Gasteiger partial charge in [-0.25, -0.2) is 0 Å². The Kier molecular flexibility index (Phi) is 6.38. The minimum atomic E-state index is -1.76. The predicted molar refractivity (Wildman–Crippen MR) is 158 cm³/mol. The van der Waals surface area contributed by atoms with E-state index in [4.69, 9.17) is 8.85 Å². The molecule has 2 nitrogen and oxygen atoms in total. The molecule has 5 aliphatic rings.